The molecule has 17 heavy (non-hydrogen) atoms. The predicted octanol–water partition coefficient (Wildman–Crippen LogP) is 2.02. The third-order valence-corrected chi connectivity index (χ3v) is 4.29. The first-order valence-electron chi connectivity index (χ1n) is 7.02. The standard InChI is InChI=1S/C14H26N2O/c1-11-12(6-4-8-15-11)13(17)16-9-5-7-14(2,3)10-16/h11-12,15H,4-10H2,1-3H3. The molecule has 2 atom stereocenters. The highest BCUT2D eigenvalue weighted by Crippen LogP contribution is 2.30. The molecule has 1 N–H and O–H groups in total. The van der Waals surface area contributed by atoms with Crippen molar-refractivity contribution in [3.63, 3.8) is 0 Å². The van der Waals surface area contributed by atoms with Gasteiger partial charge in [-0.25, -0.2) is 0 Å². The van der Waals surface area contributed by atoms with Crippen molar-refractivity contribution < 1.29 is 4.79 Å². The Balaban J connectivity index is 1.99. The highest BCUT2D eigenvalue weighted by molar-refractivity contribution is 5.79. The van der Waals surface area contributed by atoms with Gasteiger partial charge >= 0.3 is 0 Å². The van der Waals surface area contributed by atoms with E-state index in [4.69, 9.17) is 0 Å². The van der Waals surface area contributed by atoms with Gasteiger partial charge in [0.05, 0.1) is 5.92 Å². The Labute approximate surface area is 105 Å². The first kappa shape index (κ1) is 12.9. The number of hydrogen-bond acceptors (Lipinski definition) is 2. The van der Waals surface area contributed by atoms with Gasteiger partial charge in [-0.05, 0) is 44.6 Å². The molecule has 2 rings (SSSR count). The summed E-state index contributed by atoms with van der Waals surface area (Å²) >= 11 is 0. The second-order valence-corrected chi connectivity index (χ2v) is 6.52. The van der Waals surface area contributed by atoms with E-state index in [1.54, 1.807) is 0 Å². The number of nitrogens with zero attached hydrogens (tertiary/aromatic N) is 1. The zero-order valence-corrected chi connectivity index (χ0v) is 11.5. The SMILES string of the molecule is CC1NCCCC1C(=O)N1CCCC(C)(C)C1. The molecule has 3 nitrogen and oxygen atoms in total. The van der Waals surface area contributed by atoms with Crippen LogP contribution in [0.3, 0.4) is 0 Å². The average Bonchev–Trinajstić information content (AvgIpc) is 2.27. The lowest BCUT2D eigenvalue weighted by Gasteiger charge is -2.41. The molecular weight excluding hydrogens is 212 g/mol. The first-order chi connectivity index (χ1) is 7.99. The van der Waals surface area contributed by atoms with E-state index in [-0.39, 0.29) is 5.92 Å². The van der Waals surface area contributed by atoms with Crippen molar-refractivity contribution >= 4 is 5.91 Å². The van der Waals surface area contributed by atoms with Gasteiger partial charge < -0.3 is 10.2 Å². The van der Waals surface area contributed by atoms with Crippen molar-refractivity contribution in [3.05, 3.63) is 0 Å². The molecule has 0 bridgehead atoms. The van der Waals surface area contributed by atoms with Gasteiger partial charge in [0.15, 0.2) is 0 Å². The molecule has 2 heterocycles. The average molecular weight is 238 g/mol. The maximum atomic E-state index is 12.5. The molecular formula is C14H26N2O. The fourth-order valence-corrected chi connectivity index (χ4v) is 3.23. The van der Waals surface area contributed by atoms with E-state index in [0.717, 1.165) is 38.9 Å². The molecule has 0 aliphatic carbocycles. The molecule has 0 saturated carbocycles. The minimum absolute atomic E-state index is 0.206. The molecule has 2 fully saturated rings. The second-order valence-electron chi connectivity index (χ2n) is 6.52. The van der Waals surface area contributed by atoms with Crippen molar-refractivity contribution in [2.75, 3.05) is 19.6 Å². The lowest BCUT2D eigenvalue weighted by Crippen LogP contribution is -2.51. The van der Waals surface area contributed by atoms with Crippen molar-refractivity contribution in [2.45, 2.75) is 52.5 Å². The van der Waals surface area contributed by atoms with Crippen LogP contribution >= 0.6 is 0 Å². The van der Waals surface area contributed by atoms with E-state index >= 15 is 0 Å². The largest absolute Gasteiger partial charge is 0.342 e. The topological polar surface area (TPSA) is 32.3 Å². The van der Waals surface area contributed by atoms with Crippen LogP contribution in [0.5, 0.6) is 0 Å². The zero-order valence-electron chi connectivity index (χ0n) is 11.5. The molecule has 2 aliphatic rings. The van der Waals surface area contributed by atoms with Crippen LogP contribution in [0.15, 0.2) is 0 Å². The van der Waals surface area contributed by atoms with Crippen molar-refractivity contribution in [3.8, 4) is 0 Å². The van der Waals surface area contributed by atoms with Crippen LogP contribution in [0, 0.1) is 11.3 Å². The van der Waals surface area contributed by atoms with Crippen LogP contribution in [-0.4, -0.2) is 36.5 Å². The van der Waals surface area contributed by atoms with E-state index in [0.29, 0.717) is 17.4 Å². The lowest BCUT2D eigenvalue weighted by atomic mass is 9.82. The fourth-order valence-electron chi connectivity index (χ4n) is 3.23. The zero-order chi connectivity index (χ0) is 12.5. The molecule has 2 aliphatic heterocycles. The van der Waals surface area contributed by atoms with Crippen LogP contribution in [-0.2, 0) is 4.79 Å². The number of carbonyl (C=O) groups is 1. The maximum absolute atomic E-state index is 12.5. The molecule has 2 unspecified atom stereocenters. The van der Waals surface area contributed by atoms with E-state index in [1.807, 2.05) is 0 Å². The fraction of sp³-hybridized carbons (Fsp3) is 0.929. The highest BCUT2D eigenvalue weighted by atomic mass is 16.2. The van der Waals surface area contributed by atoms with Crippen molar-refractivity contribution in [1.82, 2.24) is 10.2 Å². The predicted molar refractivity (Wildman–Crippen MR) is 69.8 cm³/mol. The second kappa shape index (κ2) is 4.97. The minimum atomic E-state index is 0.206. The summed E-state index contributed by atoms with van der Waals surface area (Å²) in [6.45, 7) is 9.66. The van der Waals surface area contributed by atoms with Gasteiger partial charge in [0.2, 0.25) is 5.91 Å². The van der Waals surface area contributed by atoms with Gasteiger partial charge in [0.1, 0.15) is 0 Å². The molecule has 1 amide bonds. The van der Waals surface area contributed by atoms with Crippen LogP contribution in [0.25, 0.3) is 0 Å². The summed E-state index contributed by atoms with van der Waals surface area (Å²) in [5.74, 6) is 0.593. The van der Waals surface area contributed by atoms with Crippen LogP contribution < -0.4 is 5.32 Å². The Morgan fingerprint density at radius 3 is 2.76 bits per heavy atom. The summed E-state index contributed by atoms with van der Waals surface area (Å²) in [7, 11) is 0. The Bertz CT molecular complexity index is 288. The number of hydrogen-bond donors (Lipinski definition) is 1. The number of amides is 1. The third kappa shape index (κ3) is 3.01. The van der Waals surface area contributed by atoms with Gasteiger partial charge in [-0.1, -0.05) is 13.8 Å². The van der Waals surface area contributed by atoms with Gasteiger partial charge in [-0.3, -0.25) is 4.79 Å². The summed E-state index contributed by atoms with van der Waals surface area (Å²) in [5, 5.41) is 3.43. The molecule has 0 spiro atoms. The minimum Gasteiger partial charge on any atom is -0.342 e. The summed E-state index contributed by atoms with van der Waals surface area (Å²) in [5.41, 5.74) is 0.305. The van der Waals surface area contributed by atoms with Gasteiger partial charge in [0.25, 0.3) is 0 Å². The number of carbonyl (C=O) groups excluding carboxylic acids is 1. The van der Waals surface area contributed by atoms with Gasteiger partial charge in [-0.2, -0.15) is 0 Å². The van der Waals surface area contributed by atoms with E-state index in [2.05, 4.69) is 31.0 Å². The van der Waals surface area contributed by atoms with Gasteiger partial charge in [-0.15, -0.1) is 0 Å². The number of rotatable bonds is 1. The quantitative estimate of drug-likeness (QED) is 0.758. The van der Waals surface area contributed by atoms with Crippen molar-refractivity contribution in [1.29, 1.82) is 0 Å². The van der Waals surface area contributed by atoms with Crippen LogP contribution in [0.4, 0.5) is 0 Å². The van der Waals surface area contributed by atoms with E-state index < -0.39 is 0 Å². The lowest BCUT2D eigenvalue weighted by molar-refractivity contribution is -0.140. The monoisotopic (exact) mass is 238 g/mol. The molecule has 0 radical (unpaired) electrons. The van der Waals surface area contributed by atoms with Crippen LogP contribution in [0.2, 0.25) is 0 Å². The molecule has 0 aromatic rings. The van der Waals surface area contributed by atoms with Crippen LogP contribution in [0.1, 0.15) is 46.5 Å². The molecule has 2 saturated heterocycles. The van der Waals surface area contributed by atoms with E-state index in [9.17, 15) is 4.79 Å². The molecule has 3 heteroatoms. The first-order valence-corrected chi connectivity index (χ1v) is 7.02. The summed E-state index contributed by atoms with van der Waals surface area (Å²) in [6.07, 6.45) is 4.60. The third-order valence-electron chi connectivity index (χ3n) is 4.29. The Hall–Kier alpha value is -0.570. The Kier molecular flexibility index (Phi) is 3.76. The Morgan fingerprint density at radius 1 is 1.35 bits per heavy atom. The van der Waals surface area contributed by atoms with E-state index in [1.165, 1.54) is 6.42 Å². The summed E-state index contributed by atoms with van der Waals surface area (Å²) < 4.78 is 0. The number of piperidine rings is 2. The maximum Gasteiger partial charge on any atom is 0.227 e. The number of likely N-dealkylation sites (tertiary alicyclic amines) is 1. The molecule has 0 aromatic carbocycles. The number of nitrogens with one attached hydrogen (secondary N) is 1. The van der Waals surface area contributed by atoms with Crippen molar-refractivity contribution in [2.24, 2.45) is 11.3 Å². The van der Waals surface area contributed by atoms with Gasteiger partial charge in [0, 0.05) is 19.1 Å². The molecule has 98 valence electrons. The molecule has 0 aromatic heterocycles. The highest BCUT2D eigenvalue weighted by Gasteiger charge is 2.35. The summed E-state index contributed by atoms with van der Waals surface area (Å²) in [6, 6.07) is 0.348. The smallest absolute Gasteiger partial charge is 0.227 e. The Morgan fingerprint density at radius 2 is 2.12 bits per heavy atom. The summed E-state index contributed by atoms with van der Waals surface area (Å²) in [4.78, 5) is 14.6. The normalized spacial score (nSPS) is 33.5.